The van der Waals surface area contributed by atoms with Crippen LogP contribution in [0.1, 0.15) is 61.7 Å². The number of benzene rings is 1. The third kappa shape index (κ3) is 6.06. The van der Waals surface area contributed by atoms with E-state index < -0.39 is 0 Å². The van der Waals surface area contributed by atoms with Gasteiger partial charge in [0.25, 0.3) is 0 Å². The van der Waals surface area contributed by atoms with Crippen LogP contribution in [-0.2, 0) is 6.54 Å². The van der Waals surface area contributed by atoms with Gasteiger partial charge in [-0.15, -0.1) is 0 Å². The fourth-order valence-electron chi connectivity index (χ4n) is 4.55. The van der Waals surface area contributed by atoms with E-state index >= 15 is 0 Å². The van der Waals surface area contributed by atoms with Gasteiger partial charge in [-0.05, 0) is 76.0 Å². The molecule has 3 heterocycles. The number of likely N-dealkylation sites (tertiary alicyclic amines) is 2. The highest BCUT2D eigenvalue weighted by molar-refractivity contribution is 5.27. The Hall–Kier alpha value is -1.85. The van der Waals surface area contributed by atoms with E-state index in [0.717, 1.165) is 62.9 Å². The second kappa shape index (κ2) is 10.3. The van der Waals surface area contributed by atoms with Crippen LogP contribution in [0.2, 0.25) is 0 Å². The molecule has 1 aromatic carbocycles. The summed E-state index contributed by atoms with van der Waals surface area (Å²) in [6.45, 7) is 9.66. The molecule has 5 nitrogen and oxygen atoms in total. The van der Waals surface area contributed by atoms with Crippen LogP contribution in [0, 0.1) is 6.92 Å². The van der Waals surface area contributed by atoms with Gasteiger partial charge in [-0.3, -0.25) is 4.90 Å². The third-order valence-corrected chi connectivity index (χ3v) is 6.29. The lowest BCUT2D eigenvalue weighted by atomic mass is 9.94. The number of aryl methyl sites for hydroxylation is 1. The van der Waals surface area contributed by atoms with Crippen molar-refractivity contribution in [2.24, 2.45) is 0 Å². The number of nitrogens with zero attached hydrogens (tertiary/aromatic N) is 3. The van der Waals surface area contributed by atoms with Crippen molar-refractivity contribution in [2.45, 2.75) is 57.9 Å². The van der Waals surface area contributed by atoms with Crippen LogP contribution >= 0.6 is 0 Å². The average Bonchev–Trinajstić information content (AvgIpc) is 3.20. The molecule has 2 saturated heterocycles. The maximum absolute atomic E-state index is 5.95. The minimum absolute atomic E-state index is 0.521. The van der Waals surface area contributed by atoms with Crippen LogP contribution in [-0.4, -0.2) is 54.1 Å². The van der Waals surface area contributed by atoms with Gasteiger partial charge >= 0.3 is 0 Å². The fourth-order valence-corrected chi connectivity index (χ4v) is 4.55. The van der Waals surface area contributed by atoms with Gasteiger partial charge in [-0.1, -0.05) is 18.6 Å². The second-order valence-corrected chi connectivity index (χ2v) is 8.58. The number of ether oxygens (including phenoxy) is 1. The minimum Gasteiger partial charge on any atom is -0.494 e. The monoisotopic (exact) mass is 397 g/mol. The van der Waals surface area contributed by atoms with Gasteiger partial charge in [0.2, 0.25) is 0 Å². The molecule has 4 rings (SSSR count). The molecule has 5 heteroatoms. The first kappa shape index (κ1) is 20.4. The molecule has 2 aromatic rings. The van der Waals surface area contributed by atoms with Crippen molar-refractivity contribution in [1.82, 2.24) is 14.8 Å². The molecular weight excluding hydrogens is 362 g/mol. The van der Waals surface area contributed by atoms with Crippen LogP contribution in [0.3, 0.4) is 0 Å². The zero-order chi connectivity index (χ0) is 19.9. The van der Waals surface area contributed by atoms with Crippen molar-refractivity contribution in [3.05, 3.63) is 47.7 Å². The van der Waals surface area contributed by atoms with E-state index in [-0.39, 0.29) is 0 Å². The summed E-state index contributed by atoms with van der Waals surface area (Å²) >= 11 is 0. The summed E-state index contributed by atoms with van der Waals surface area (Å²) in [4.78, 5) is 9.35. The maximum atomic E-state index is 5.95. The summed E-state index contributed by atoms with van der Waals surface area (Å²) in [5.41, 5.74) is 1.36. The average molecular weight is 398 g/mol. The molecule has 0 atom stereocenters. The first-order valence-corrected chi connectivity index (χ1v) is 11.3. The zero-order valence-corrected chi connectivity index (χ0v) is 17.8. The van der Waals surface area contributed by atoms with Gasteiger partial charge in [-0.2, -0.15) is 0 Å². The van der Waals surface area contributed by atoms with E-state index in [9.17, 15) is 0 Å². The Morgan fingerprint density at radius 2 is 1.76 bits per heavy atom. The van der Waals surface area contributed by atoms with Crippen LogP contribution < -0.4 is 4.74 Å². The lowest BCUT2D eigenvalue weighted by molar-refractivity contribution is 0.194. The van der Waals surface area contributed by atoms with E-state index in [1.54, 1.807) is 0 Å². The highest BCUT2D eigenvalue weighted by Crippen LogP contribution is 2.29. The second-order valence-electron chi connectivity index (χ2n) is 8.58. The molecule has 158 valence electrons. The van der Waals surface area contributed by atoms with Crippen LogP contribution in [0.4, 0.5) is 0 Å². The topological polar surface area (TPSA) is 41.7 Å². The Labute approximate surface area is 175 Å². The van der Waals surface area contributed by atoms with Crippen molar-refractivity contribution in [3.63, 3.8) is 0 Å². The summed E-state index contributed by atoms with van der Waals surface area (Å²) in [7, 11) is 0. The number of oxazole rings is 1. The number of piperidine rings is 2. The van der Waals surface area contributed by atoms with Gasteiger partial charge in [0.05, 0.1) is 12.8 Å². The summed E-state index contributed by atoms with van der Waals surface area (Å²) in [5.74, 6) is 3.35. The molecule has 29 heavy (non-hydrogen) atoms. The van der Waals surface area contributed by atoms with Gasteiger partial charge in [-0.25, -0.2) is 4.98 Å². The summed E-state index contributed by atoms with van der Waals surface area (Å²) < 4.78 is 11.7. The van der Waals surface area contributed by atoms with E-state index in [1.807, 2.05) is 13.1 Å². The molecule has 0 saturated carbocycles. The molecule has 0 N–H and O–H groups in total. The molecular formula is C24H35N3O2. The Balaban J connectivity index is 1.15. The Bertz CT molecular complexity index is 729. The van der Waals surface area contributed by atoms with E-state index in [1.165, 1.54) is 44.5 Å². The molecule has 0 radical (unpaired) electrons. The summed E-state index contributed by atoms with van der Waals surface area (Å²) in [5, 5.41) is 0. The number of aromatic nitrogens is 1. The molecule has 2 aliphatic rings. The molecule has 2 fully saturated rings. The van der Waals surface area contributed by atoms with Gasteiger partial charge in [0.15, 0.2) is 5.89 Å². The van der Waals surface area contributed by atoms with Crippen LogP contribution in [0.25, 0.3) is 0 Å². The predicted octanol–water partition coefficient (Wildman–Crippen LogP) is 4.62. The van der Waals surface area contributed by atoms with Crippen LogP contribution in [0.15, 0.2) is 34.9 Å². The third-order valence-electron chi connectivity index (χ3n) is 6.29. The Morgan fingerprint density at radius 3 is 2.45 bits per heavy atom. The molecule has 2 aliphatic heterocycles. The van der Waals surface area contributed by atoms with Crippen molar-refractivity contribution in [1.29, 1.82) is 0 Å². The SMILES string of the molecule is Cc1ncc(C2CCN(Cc3ccc(OCCCN4CCCCC4)cc3)CC2)o1. The standard InChI is InChI=1S/C24H35N3O2/c1-20-25-18-24(29-20)22-10-15-27(16-11-22)19-21-6-8-23(9-7-21)28-17-5-14-26-12-3-2-4-13-26/h6-9,18,22H,2-5,10-17,19H2,1H3. The first-order chi connectivity index (χ1) is 14.3. The van der Waals surface area contributed by atoms with Crippen molar-refractivity contribution in [2.75, 3.05) is 39.3 Å². The Kier molecular flexibility index (Phi) is 7.23. The van der Waals surface area contributed by atoms with Gasteiger partial charge in [0, 0.05) is 25.9 Å². The highest BCUT2D eigenvalue weighted by Gasteiger charge is 2.23. The first-order valence-electron chi connectivity index (χ1n) is 11.3. The summed E-state index contributed by atoms with van der Waals surface area (Å²) in [6.07, 6.45) is 9.43. The van der Waals surface area contributed by atoms with E-state index in [4.69, 9.17) is 9.15 Å². The molecule has 0 amide bonds. The lowest BCUT2D eigenvalue weighted by Gasteiger charge is -2.30. The molecule has 0 aliphatic carbocycles. The van der Waals surface area contributed by atoms with Gasteiger partial charge in [0.1, 0.15) is 11.5 Å². The highest BCUT2D eigenvalue weighted by atomic mass is 16.5. The fraction of sp³-hybridized carbons (Fsp3) is 0.625. The van der Waals surface area contributed by atoms with Crippen LogP contribution in [0.5, 0.6) is 5.75 Å². The molecule has 0 spiro atoms. The van der Waals surface area contributed by atoms with Crippen molar-refractivity contribution < 1.29 is 9.15 Å². The minimum atomic E-state index is 0.521. The Morgan fingerprint density at radius 1 is 1.00 bits per heavy atom. The zero-order valence-electron chi connectivity index (χ0n) is 17.8. The van der Waals surface area contributed by atoms with E-state index in [0.29, 0.717) is 5.92 Å². The number of rotatable bonds is 8. The molecule has 1 aromatic heterocycles. The molecule has 0 bridgehead atoms. The normalized spacial score (nSPS) is 19.5. The van der Waals surface area contributed by atoms with Crippen molar-refractivity contribution >= 4 is 0 Å². The molecule has 0 unspecified atom stereocenters. The smallest absolute Gasteiger partial charge is 0.191 e. The number of hydrogen-bond acceptors (Lipinski definition) is 5. The largest absolute Gasteiger partial charge is 0.494 e. The van der Waals surface area contributed by atoms with Gasteiger partial charge < -0.3 is 14.1 Å². The van der Waals surface area contributed by atoms with Crippen molar-refractivity contribution in [3.8, 4) is 5.75 Å². The quantitative estimate of drug-likeness (QED) is 0.608. The number of hydrogen-bond donors (Lipinski definition) is 0. The maximum Gasteiger partial charge on any atom is 0.191 e. The summed E-state index contributed by atoms with van der Waals surface area (Å²) in [6, 6.07) is 8.68. The lowest BCUT2D eigenvalue weighted by Crippen LogP contribution is -2.32. The predicted molar refractivity (Wildman–Crippen MR) is 115 cm³/mol. The van der Waals surface area contributed by atoms with E-state index in [2.05, 4.69) is 39.0 Å².